The van der Waals surface area contributed by atoms with Crippen molar-refractivity contribution in [1.82, 2.24) is 30.3 Å². The first-order chi connectivity index (χ1) is 32.8. The zero-order valence-corrected chi connectivity index (χ0v) is 40.6. The fraction of sp³-hybridized carbons (Fsp3) is 0.440. The summed E-state index contributed by atoms with van der Waals surface area (Å²) in [6.45, 7) is 9.90. The maximum Gasteiger partial charge on any atom is 0.411 e. The summed E-state index contributed by atoms with van der Waals surface area (Å²) in [6, 6.07) is 14.4. The fourth-order valence-corrected chi connectivity index (χ4v) is 10.5. The number of thiazole rings is 2. The summed E-state index contributed by atoms with van der Waals surface area (Å²) in [5, 5.41) is 23.9. The van der Waals surface area contributed by atoms with E-state index >= 15 is 0 Å². The molecule has 8 rings (SSSR count). The molecule has 2 aliphatic rings. The van der Waals surface area contributed by atoms with Crippen LogP contribution in [0.15, 0.2) is 64.8 Å². The number of aliphatic hydroxyl groups is 1. The molecule has 0 spiro atoms. The summed E-state index contributed by atoms with van der Waals surface area (Å²) in [5.41, 5.74) is 8.77. The smallest absolute Gasteiger partial charge is 0.411 e. The summed E-state index contributed by atoms with van der Waals surface area (Å²) in [7, 11) is 0. The van der Waals surface area contributed by atoms with Gasteiger partial charge < -0.3 is 34.6 Å². The molecular formula is C50H58N8O8S2. The van der Waals surface area contributed by atoms with Crippen molar-refractivity contribution >= 4 is 67.5 Å². The lowest BCUT2D eigenvalue weighted by molar-refractivity contribution is -0.141. The maximum absolute atomic E-state index is 13.9. The first-order valence-electron chi connectivity index (χ1n) is 23.3. The van der Waals surface area contributed by atoms with Gasteiger partial charge in [0.25, 0.3) is 0 Å². The van der Waals surface area contributed by atoms with Gasteiger partial charge >= 0.3 is 6.09 Å². The van der Waals surface area contributed by atoms with Gasteiger partial charge in [-0.2, -0.15) is 0 Å². The minimum atomic E-state index is -0.865. The number of anilines is 2. The number of likely N-dealkylation sites (tertiary alicyclic amines) is 1. The van der Waals surface area contributed by atoms with Gasteiger partial charge in [-0.05, 0) is 101 Å². The zero-order chi connectivity index (χ0) is 47.9. The second kappa shape index (κ2) is 21.8. The lowest BCUT2D eigenvalue weighted by Gasteiger charge is -2.28. The molecule has 0 radical (unpaired) electrons. The number of benzene rings is 2. The highest BCUT2D eigenvalue weighted by Crippen LogP contribution is 2.35. The van der Waals surface area contributed by atoms with E-state index in [1.165, 1.54) is 34.0 Å². The molecule has 3 atom stereocenters. The van der Waals surface area contributed by atoms with Gasteiger partial charge in [0.05, 0.1) is 56.1 Å². The highest BCUT2D eigenvalue weighted by atomic mass is 32.1. The molecular weight excluding hydrogens is 905 g/mol. The molecule has 4 N–H and O–H groups in total. The second-order valence-corrected chi connectivity index (χ2v) is 19.9. The number of pyridine rings is 1. The van der Waals surface area contributed by atoms with Crippen LogP contribution in [0.1, 0.15) is 106 Å². The molecule has 1 aliphatic carbocycles. The van der Waals surface area contributed by atoms with Crippen molar-refractivity contribution in [3.8, 4) is 27.3 Å². The van der Waals surface area contributed by atoms with Crippen molar-refractivity contribution in [2.45, 2.75) is 123 Å². The van der Waals surface area contributed by atoms with Gasteiger partial charge in [0.1, 0.15) is 29.6 Å². The van der Waals surface area contributed by atoms with Crippen molar-refractivity contribution in [1.29, 1.82) is 0 Å². The van der Waals surface area contributed by atoms with Gasteiger partial charge in [-0.3, -0.25) is 24.7 Å². The number of rotatable bonds is 17. The van der Waals surface area contributed by atoms with Gasteiger partial charge in [-0.15, -0.1) is 11.3 Å². The minimum absolute atomic E-state index is 0.0400. The molecule has 2 aromatic carbocycles. The highest BCUT2D eigenvalue weighted by molar-refractivity contribution is 7.22. The molecule has 0 bridgehead atoms. The van der Waals surface area contributed by atoms with E-state index in [0.717, 1.165) is 68.7 Å². The number of aryl methyl sites for hydroxylation is 3. The molecule has 18 heteroatoms. The number of nitrogens with one attached hydrogen (secondary N) is 3. The number of nitrogens with zero attached hydrogens (tertiary/aromatic N) is 5. The number of hydrogen-bond acceptors (Lipinski definition) is 14. The van der Waals surface area contributed by atoms with E-state index in [2.05, 4.69) is 36.1 Å². The van der Waals surface area contributed by atoms with E-state index in [1.807, 2.05) is 70.2 Å². The van der Waals surface area contributed by atoms with E-state index < -0.39 is 24.2 Å². The maximum atomic E-state index is 13.9. The molecule has 5 heterocycles. The van der Waals surface area contributed by atoms with E-state index in [-0.39, 0.29) is 55.7 Å². The largest absolute Gasteiger partial charge is 0.493 e. The average molecular weight is 963 g/mol. The van der Waals surface area contributed by atoms with Crippen LogP contribution < -0.4 is 20.7 Å². The Bertz CT molecular complexity index is 2760. The second-order valence-electron chi connectivity index (χ2n) is 18.0. The minimum Gasteiger partial charge on any atom is -0.493 e. The Labute approximate surface area is 403 Å². The number of fused-ring (bicyclic) bond motifs is 1. The zero-order valence-electron chi connectivity index (χ0n) is 39.0. The molecule has 1 aliphatic heterocycles. The summed E-state index contributed by atoms with van der Waals surface area (Å²) in [6.07, 6.45) is 7.04. The number of β-amino-alcohol motifs (C(OH)–C–C–N with tert-alkyl or cyclic N) is 1. The number of carbonyl (C=O) groups is 4. The number of ether oxygens (including phenoxy) is 2. The number of aromatic nitrogens is 4. The molecule has 68 heavy (non-hydrogen) atoms. The SMILES string of the molecule is Cc1cc([C@H](C(=O)N2C[C@H](O)C[C@H]2C(=O)NCc2ccc(-c3scnc3C)cc2OCCCCC(=O)Nc2nc3ccc(-c4cnc(C)c(NC(=O)OC5CCCCC5)c4)cc3s2)C(C)C)on1. The Morgan fingerprint density at radius 1 is 0.926 bits per heavy atom. The van der Waals surface area contributed by atoms with Gasteiger partial charge in [-0.1, -0.05) is 55.0 Å². The average Bonchev–Trinajstić information content (AvgIpc) is 4.13. The molecule has 0 unspecified atom stereocenters. The van der Waals surface area contributed by atoms with Gasteiger partial charge in [0.2, 0.25) is 17.7 Å². The number of aliphatic hydroxyl groups excluding tert-OH is 1. The van der Waals surface area contributed by atoms with Crippen molar-refractivity contribution in [2.24, 2.45) is 5.92 Å². The number of amides is 4. The first-order valence-corrected chi connectivity index (χ1v) is 25.0. The number of hydrogen-bond donors (Lipinski definition) is 4. The number of unbranched alkanes of at least 4 members (excludes halogenated alkanes) is 1. The third kappa shape index (κ3) is 11.7. The van der Waals surface area contributed by atoms with Crippen molar-refractivity contribution < 1.29 is 38.3 Å². The van der Waals surface area contributed by atoms with Gasteiger partial charge in [0.15, 0.2) is 5.13 Å². The third-order valence-corrected chi connectivity index (χ3v) is 14.4. The van der Waals surface area contributed by atoms with E-state index in [4.69, 9.17) is 14.0 Å². The van der Waals surface area contributed by atoms with Crippen LogP contribution in [0.5, 0.6) is 5.75 Å². The molecule has 2 fully saturated rings. The summed E-state index contributed by atoms with van der Waals surface area (Å²) < 4.78 is 18.4. The van der Waals surface area contributed by atoms with Gasteiger partial charge in [-0.25, -0.2) is 14.8 Å². The van der Waals surface area contributed by atoms with Crippen molar-refractivity contribution in [3.63, 3.8) is 0 Å². The Hall–Kier alpha value is -6.24. The van der Waals surface area contributed by atoms with Crippen LogP contribution >= 0.6 is 22.7 Å². The van der Waals surface area contributed by atoms with Crippen LogP contribution in [-0.2, 0) is 25.7 Å². The molecule has 1 saturated carbocycles. The Morgan fingerprint density at radius 2 is 1.74 bits per heavy atom. The first kappa shape index (κ1) is 48.2. The van der Waals surface area contributed by atoms with Crippen LogP contribution in [0, 0.1) is 26.7 Å². The van der Waals surface area contributed by atoms with E-state index in [1.54, 1.807) is 24.7 Å². The fourth-order valence-electron chi connectivity index (χ4n) is 8.81. The van der Waals surface area contributed by atoms with Crippen LogP contribution in [0.25, 0.3) is 31.8 Å². The lowest BCUT2D eigenvalue weighted by Crippen LogP contribution is -2.48. The van der Waals surface area contributed by atoms with Crippen molar-refractivity contribution in [2.75, 3.05) is 23.8 Å². The molecule has 358 valence electrons. The Morgan fingerprint density at radius 3 is 2.49 bits per heavy atom. The topological polar surface area (TPSA) is 211 Å². The normalized spacial score (nSPS) is 16.8. The molecule has 4 amide bonds. The monoisotopic (exact) mass is 962 g/mol. The lowest BCUT2D eigenvalue weighted by atomic mass is 9.91. The van der Waals surface area contributed by atoms with Crippen LogP contribution in [0.3, 0.4) is 0 Å². The summed E-state index contributed by atoms with van der Waals surface area (Å²) >= 11 is 2.91. The molecule has 1 saturated heterocycles. The Kier molecular flexibility index (Phi) is 15.5. The Balaban J connectivity index is 0.853. The summed E-state index contributed by atoms with van der Waals surface area (Å²) in [5.74, 6) is -0.595. The van der Waals surface area contributed by atoms with Crippen LogP contribution in [-0.4, -0.2) is 85.3 Å². The summed E-state index contributed by atoms with van der Waals surface area (Å²) in [4.78, 5) is 69.6. The van der Waals surface area contributed by atoms with Crippen molar-refractivity contribution in [3.05, 3.63) is 88.6 Å². The predicted molar refractivity (Wildman–Crippen MR) is 262 cm³/mol. The molecule has 4 aromatic heterocycles. The van der Waals surface area contributed by atoms with Crippen LogP contribution in [0.4, 0.5) is 15.6 Å². The standard InChI is InChI=1S/C50H58N8O8S2/c1-28(2)45(42-19-29(3)57-66-42)48(62)58-26-36(59)23-40(58)47(61)52-24-34-15-14-33(46-31(5)53-27-67-46)21-41(34)64-18-10-9-13-44(60)56-49-54-38-17-16-32(22-43(38)68-49)35-20-39(30(4)51-25-35)55-50(63)65-37-11-7-6-8-12-37/h14-17,19-22,25,27-28,36-37,40,45,59H,6-13,18,23-24,26H2,1-5H3,(H,52,61)(H,55,63)(H,54,56,60)/t36-,40+,45-/m1/s1. The third-order valence-electron chi connectivity index (χ3n) is 12.5. The molecule has 6 aromatic rings. The quantitative estimate of drug-likeness (QED) is 0.0630. The van der Waals surface area contributed by atoms with E-state index in [0.29, 0.717) is 53.2 Å². The highest BCUT2D eigenvalue weighted by Gasteiger charge is 2.43. The van der Waals surface area contributed by atoms with E-state index in [9.17, 15) is 24.3 Å². The van der Waals surface area contributed by atoms with Crippen LogP contribution in [0.2, 0.25) is 0 Å². The van der Waals surface area contributed by atoms with Gasteiger partial charge in [0, 0.05) is 49.3 Å². The number of carbonyl (C=O) groups excluding carboxylic acids is 4. The predicted octanol–water partition coefficient (Wildman–Crippen LogP) is 9.48. The molecule has 16 nitrogen and oxygen atoms in total.